The number of hydrogen-bond donors (Lipinski definition) is 1. The van der Waals surface area contributed by atoms with Crippen molar-refractivity contribution >= 4 is 34.7 Å². The number of carbonyl (C=O) groups is 2. The van der Waals surface area contributed by atoms with Gasteiger partial charge in [0.1, 0.15) is 0 Å². The molecule has 1 N–H and O–H groups in total. The maximum atomic E-state index is 12.8. The lowest BCUT2D eigenvalue weighted by Crippen LogP contribution is -2.65. The topological polar surface area (TPSA) is 64.6 Å². The van der Waals surface area contributed by atoms with E-state index >= 15 is 0 Å². The predicted octanol–water partition coefficient (Wildman–Crippen LogP) is 5.28. The highest BCUT2D eigenvalue weighted by atomic mass is 79.9. The van der Waals surface area contributed by atoms with E-state index in [2.05, 4.69) is 55.9 Å². The molecule has 1 saturated heterocycles. The standard InChI is InChI=1S/C25H35BBrNO4/c1-15(2)10-17(13-18(29)14-28-23(30)19-8-6-7-9-20(19)27)26-31-22-12-16-11-21(24(16,3)4)25(22,5)32-26/h6-9,15-17,21-22H,10-14H2,1-5H3,(H,28,30)/t16-,17+,21?,22+,25-/m0/s1. The highest BCUT2D eigenvalue weighted by Crippen LogP contribution is 2.66. The number of ketones is 1. The van der Waals surface area contributed by atoms with Crippen molar-refractivity contribution < 1.29 is 18.9 Å². The molecule has 7 heteroatoms. The average molecular weight is 504 g/mol. The minimum atomic E-state index is -0.356. The predicted molar refractivity (Wildman–Crippen MR) is 129 cm³/mol. The van der Waals surface area contributed by atoms with Gasteiger partial charge in [-0.1, -0.05) is 39.8 Å². The molecule has 4 aliphatic rings. The van der Waals surface area contributed by atoms with Crippen molar-refractivity contribution in [2.45, 2.75) is 77.8 Å². The van der Waals surface area contributed by atoms with E-state index < -0.39 is 0 Å². The number of rotatable bonds is 8. The van der Waals surface area contributed by atoms with Crippen molar-refractivity contribution in [3.63, 3.8) is 0 Å². The van der Waals surface area contributed by atoms with Crippen LogP contribution in [0.5, 0.6) is 0 Å². The monoisotopic (exact) mass is 503 g/mol. The third-order valence-electron chi connectivity index (χ3n) is 8.18. The summed E-state index contributed by atoms with van der Waals surface area (Å²) in [6.07, 6.45) is 3.57. The zero-order valence-corrected chi connectivity index (χ0v) is 21.4. The van der Waals surface area contributed by atoms with Crippen molar-refractivity contribution in [1.82, 2.24) is 5.32 Å². The van der Waals surface area contributed by atoms with Gasteiger partial charge in [-0.2, -0.15) is 0 Å². The van der Waals surface area contributed by atoms with Crippen molar-refractivity contribution in [3.8, 4) is 0 Å². The molecule has 0 aromatic heterocycles. The Hall–Kier alpha value is -1.18. The molecule has 3 saturated carbocycles. The first-order valence-corrected chi connectivity index (χ1v) is 12.7. The molecule has 5 rings (SSSR count). The molecule has 2 bridgehead atoms. The van der Waals surface area contributed by atoms with E-state index in [0.717, 1.165) is 12.8 Å². The minimum absolute atomic E-state index is 0.00732. The second-order valence-electron chi connectivity index (χ2n) is 11.1. The Morgan fingerprint density at radius 3 is 2.59 bits per heavy atom. The lowest BCUT2D eigenvalue weighted by molar-refractivity contribution is -0.199. The van der Waals surface area contributed by atoms with Gasteiger partial charge >= 0.3 is 7.12 Å². The summed E-state index contributed by atoms with van der Waals surface area (Å²) in [5.41, 5.74) is 0.554. The van der Waals surface area contributed by atoms with Gasteiger partial charge in [-0.15, -0.1) is 0 Å². The van der Waals surface area contributed by atoms with E-state index in [4.69, 9.17) is 9.31 Å². The zero-order chi connectivity index (χ0) is 23.3. The van der Waals surface area contributed by atoms with E-state index in [0.29, 0.717) is 39.6 Å². The second-order valence-corrected chi connectivity index (χ2v) is 12.0. The van der Waals surface area contributed by atoms with Crippen LogP contribution in [0.25, 0.3) is 0 Å². The van der Waals surface area contributed by atoms with Crippen molar-refractivity contribution in [3.05, 3.63) is 34.3 Å². The highest BCUT2D eigenvalue weighted by Gasteiger charge is 2.68. The molecule has 5 atom stereocenters. The third kappa shape index (κ3) is 4.33. The van der Waals surface area contributed by atoms with Crippen LogP contribution in [0.2, 0.25) is 5.82 Å². The normalized spacial score (nSPS) is 31.1. The maximum Gasteiger partial charge on any atom is 0.461 e. The van der Waals surface area contributed by atoms with Gasteiger partial charge in [0, 0.05) is 16.7 Å². The molecule has 32 heavy (non-hydrogen) atoms. The first kappa shape index (κ1) is 24.0. The smallest absolute Gasteiger partial charge is 0.405 e. The molecular formula is C25H35BBrNO4. The Kier molecular flexibility index (Phi) is 6.65. The Morgan fingerprint density at radius 2 is 1.94 bits per heavy atom. The molecule has 1 unspecified atom stereocenters. The van der Waals surface area contributed by atoms with Gasteiger partial charge in [0.05, 0.1) is 23.8 Å². The molecule has 1 amide bonds. The van der Waals surface area contributed by atoms with Gasteiger partial charge in [-0.3, -0.25) is 9.59 Å². The molecule has 4 fully saturated rings. The highest BCUT2D eigenvalue weighted by molar-refractivity contribution is 9.10. The van der Waals surface area contributed by atoms with Crippen LogP contribution in [0.3, 0.4) is 0 Å². The number of carbonyl (C=O) groups excluding carboxylic acids is 2. The summed E-state index contributed by atoms with van der Waals surface area (Å²) in [7, 11) is -0.356. The Labute approximate surface area is 200 Å². The number of hydrogen-bond acceptors (Lipinski definition) is 4. The quantitative estimate of drug-likeness (QED) is 0.490. The van der Waals surface area contributed by atoms with Gasteiger partial charge in [-0.25, -0.2) is 0 Å². The lowest BCUT2D eigenvalue weighted by Gasteiger charge is -2.64. The van der Waals surface area contributed by atoms with Crippen molar-refractivity contribution in [1.29, 1.82) is 0 Å². The fourth-order valence-electron chi connectivity index (χ4n) is 6.28. The van der Waals surface area contributed by atoms with Crippen molar-refractivity contribution in [2.75, 3.05) is 6.54 Å². The molecule has 174 valence electrons. The summed E-state index contributed by atoms with van der Waals surface area (Å²) < 4.78 is 13.8. The van der Waals surface area contributed by atoms with Crippen LogP contribution in [0, 0.1) is 23.2 Å². The van der Waals surface area contributed by atoms with E-state index in [1.165, 1.54) is 6.42 Å². The molecular weight excluding hydrogens is 469 g/mol. The Morgan fingerprint density at radius 1 is 1.22 bits per heavy atom. The Balaban J connectivity index is 1.38. The van der Waals surface area contributed by atoms with Crippen LogP contribution in [0.15, 0.2) is 28.7 Å². The fourth-order valence-corrected chi connectivity index (χ4v) is 6.75. The molecule has 0 radical (unpaired) electrons. The molecule has 3 aliphatic carbocycles. The summed E-state index contributed by atoms with van der Waals surface area (Å²) in [5.74, 6) is 1.38. The van der Waals surface area contributed by atoms with Gasteiger partial charge < -0.3 is 14.6 Å². The fraction of sp³-hybridized carbons (Fsp3) is 0.680. The summed E-state index contributed by atoms with van der Waals surface area (Å²) in [4.78, 5) is 25.3. The summed E-state index contributed by atoms with van der Waals surface area (Å²) in [6, 6.07) is 7.21. The van der Waals surface area contributed by atoms with Gasteiger partial charge in [0.25, 0.3) is 5.91 Å². The Bertz CT molecular complexity index is 890. The first-order chi connectivity index (χ1) is 15.0. The maximum absolute atomic E-state index is 12.8. The van der Waals surface area contributed by atoms with E-state index in [-0.39, 0.29) is 42.9 Å². The number of nitrogens with one attached hydrogen (secondary N) is 1. The van der Waals surface area contributed by atoms with Crippen LogP contribution in [-0.2, 0) is 14.1 Å². The summed E-state index contributed by atoms with van der Waals surface area (Å²) in [6.45, 7) is 11.3. The zero-order valence-electron chi connectivity index (χ0n) is 19.8. The van der Waals surface area contributed by atoms with Gasteiger partial charge in [0.2, 0.25) is 0 Å². The van der Waals surface area contributed by atoms with Crippen molar-refractivity contribution in [2.24, 2.45) is 23.2 Å². The van der Waals surface area contributed by atoms with E-state index in [1.54, 1.807) is 12.1 Å². The van der Waals surface area contributed by atoms with Crippen LogP contribution < -0.4 is 5.32 Å². The average Bonchev–Trinajstić information content (AvgIpc) is 3.08. The summed E-state index contributed by atoms with van der Waals surface area (Å²) in [5, 5.41) is 2.77. The second kappa shape index (κ2) is 8.88. The molecule has 0 spiro atoms. The molecule has 1 aromatic carbocycles. The van der Waals surface area contributed by atoms with Crippen LogP contribution >= 0.6 is 15.9 Å². The molecule has 5 nitrogen and oxygen atoms in total. The number of halogens is 1. The molecule has 1 aliphatic heterocycles. The van der Waals surface area contributed by atoms with Gasteiger partial charge in [0.15, 0.2) is 5.78 Å². The van der Waals surface area contributed by atoms with Crippen LogP contribution in [0.1, 0.15) is 70.7 Å². The number of benzene rings is 1. The SMILES string of the molecule is CC(C)C[C@H](CC(=O)CNC(=O)c1ccccc1Br)B1O[C@@H]2C[C@@H]3CC(C3(C)C)[C@]2(C)O1. The van der Waals surface area contributed by atoms with E-state index in [9.17, 15) is 9.59 Å². The van der Waals surface area contributed by atoms with Crippen LogP contribution in [-0.4, -0.2) is 37.1 Å². The largest absolute Gasteiger partial charge is 0.461 e. The van der Waals surface area contributed by atoms with Gasteiger partial charge in [-0.05, 0) is 77.4 Å². The first-order valence-electron chi connectivity index (χ1n) is 11.9. The molecule has 1 aromatic rings. The lowest BCUT2D eigenvalue weighted by atomic mass is 9.43. The minimum Gasteiger partial charge on any atom is -0.405 e. The van der Waals surface area contributed by atoms with E-state index in [1.807, 2.05) is 12.1 Å². The number of amides is 1. The summed E-state index contributed by atoms with van der Waals surface area (Å²) >= 11 is 3.39. The third-order valence-corrected chi connectivity index (χ3v) is 8.87. The van der Waals surface area contributed by atoms with Crippen LogP contribution in [0.4, 0.5) is 0 Å². The number of Topliss-reactive ketones (excluding diaryl/α,β-unsaturated/α-hetero) is 1. The molecule has 1 heterocycles.